The highest BCUT2D eigenvalue weighted by Gasteiger charge is 2.20. The molecule has 0 aromatic heterocycles. The van der Waals surface area contributed by atoms with E-state index in [4.69, 9.17) is 5.73 Å². The molecule has 0 saturated carbocycles. The molecule has 1 aliphatic heterocycles. The number of rotatable bonds is 4. The van der Waals surface area contributed by atoms with Crippen molar-refractivity contribution in [3.05, 3.63) is 0 Å². The Labute approximate surface area is 91.4 Å². The van der Waals surface area contributed by atoms with Gasteiger partial charge in [-0.2, -0.15) is 0 Å². The van der Waals surface area contributed by atoms with Crippen molar-refractivity contribution < 1.29 is 4.79 Å². The van der Waals surface area contributed by atoms with Gasteiger partial charge in [-0.3, -0.25) is 0 Å². The Kier molecular flexibility index (Phi) is 5.42. The van der Waals surface area contributed by atoms with Gasteiger partial charge in [-0.05, 0) is 38.9 Å². The summed E-state index contributed by atoms with van der Waals surface area (Å²) in [6, 6.07) is 0.206. The quantitative estimate of drug-likeness (QED) is 0.603. The molecule has 15 heavy (non-hydrogen) atoms. The minimum Gasteiger partial charge on any atom is -0.341 e. The Morgan fingerprint density at radius 1 is 1.60 bits per heavy atom. The number of nitrogens with one attached hydrogen (secondary N) is 2. The number of carbonyl (C=O) groups is 1. The lowest BCUT2D eigenvalue weighted by Crippen LogP contribution is -2.50. The molecule has 1 fully saturated rings. The number of urea groups is 1. The van der Waals surface area contributed by atoms with Crippen LogP contribution in [0.4, 0.5) is 4.79 Å². The number of amides is 2. The molecule has 0 unspecified atom stereocenters. The van der Waals surface area contributed by atoms with Crippen molar-refractivity contribution in [1.82, 2.24) is 15.5 Å². The van der Waals surface area contributed by atoms with Gasteiger partial charge in [0.05, 0.1) is 0 Å². The standard InChI is InChI=1S/C10H22N4O/c1-12-10(15)13-9-4-2-6-14(8-9)7-3-5-11/h9H,2-8,11H2,1H3,(H2,12,13,15)/t9-/m0/s1. The van der Waals surface area contributed by atoms with E-state index in [1.54, 1.807) is 7.05 Å². The molecule has 2 amide bonds. The first-order valence-electron chi connectivity index (χ1n) is 5.67. The van der Waals surface area contributed by atoms with Crippen molar-refractivity contribution >= 4 is 6.03 Å². The maximum atomic E-state index is 11.1. The van der Waals surface area contributed by atoms with Gasteiger partial charge in [-0.15, -0.1) is 0 Å². The van der Waals surface area contributed by atoms with Gasteiger partial charge in [0.25, 0.3) is 0 Å². The molecule has 5 heteroatoms. The van der Waals surface area contributed by atoms with Crippen molar-refractivity contribution in [3.63, 3.8) is 0 Å². The highest BCUT2D eigenvalue weighted by Crippen LogP contribution is 2.09. The summed E-state index contributed by atoms with van der Waals surface area (Å²) in [7, 11) is 1.64. The number of likely N-dealkylation sites (tertiary alicyclic amines) is 1. The number of hydrogen-bond donors (Lipinski definition) is 3. The summed E-state index contributed by atoms with van der Waals surface area (Å²) in [5.41, 5.74) is 5.48. The summed E-state index contributed by atoms with van der Waals surface area (Å²) >= 11 is 0. The van der Waals surface area contributed by atoms with Crippen LogP contribution < -0.4 is 16.4 Å². The summed E-state index contributed by atoms with van der Waals surface area (Å²) in [5.74, 6) is 0. The van der Waals surface area contributed by atoms with Gasteiger partial charge in [0.1, 0.15) is 0 Å². The van der Waals surface area contributed by atoms with Crippen molar-refractivity contribution in [3.8, 4) is 0 Å². The molecule has 0 aromatic rings. The number of nitrogens with zero attached hydrogens (tertiary/aromatic N) is 1. The van der Waals surface area contributed by atoms with Crippen molar-refractivity contribution in [2.45, 2.75) is 25.3 Å². The first kappa shape index (κ1) is 12.3. The molecule has 1 aliphatic rings. The third kappa shape index (κ3) is 4.48. The van der Waals surface area contributed by atoms with E-state index in [-0.39, 0.29) is 12.1 Å². The zero-order valence-corrected chi connectivity index (χ0v) is 9.46. The summed E-state index contributed by atoms with van der Waals surface area (Å²) < 4.78 is 0. The van der Waals surface area contributed by atoms with Crippen molar-refractivity contribution in [1.29, 1.82) is 0 Å². The van der Waals surface area contributed by atoms with E-state index in [0.717, 1.165) is 45.4 Å². The largest absolute Gasteiger partial charge is 0.341 e. The number of carbonyl (C=O) groups excluding carboxylic acids is 1. The zero-order chi connectivity index (χ0) is 11.1. The number of hydrogen-bond acceptors (Lipinski definition) is 3. The average molecular weight is 214 g/mol. The van der Waals surface area contributed by atoms with Gasteiger partial charge in [-0.25, -0.2) is 4.79 Å². The second kappa shape index (κ2) is 6.63. The van der Waals surface area contributed by atoms with Gasteiger partial charge in [0.15, 0.2) is 0 Å². The first-order valence-corrected chi connectivity index (χ1v) is 5.67. The number of nitrogens with two attached hydrogens (primary N) is 1. The van der Waals surface area contributed by atoms with Crippen LogP contribution in [-0.4, -0.2) is 50.2 Å². The third-order valence-corrected chi connectivity index (χ3v) is 2.75. The van der Waals surface area contributed by atoms with Crippen LogP contribution in [0.2, 0.25) is 0 Å². The van der Waals surface area contributed by atoms with Crippen molar-refractivity contribution in [2.24, 2.45) is 5.73 Å². The maximum absolute atomic E-state index is 11.1. The van der Waals surface area contributed by atoms with Crippen LogP contribution in [0.15, 0.2) is 0 Å². The van der Waals surface area contributed by atoms with Crippen LogP contribution >= 0.6 is 0 Å². The molecule has 0 aliphatic carbocycles. The highest BCUT2D eigenvalue weighted by atomic mass is 16.2. The molecule has 0 radical (unpaired) electrons. The molecule has 1 saturated heterocycles. The Balaban J connectivity index is 2.25. The normalized spacial score (nSPS) is 22.4. The second-order valence-corrected chi connectivity index (χ2v) is 4.01. The van der Waals surface area contributed by atoms with Crippen LogP contribution in [-0.2, 0) is 0 Å². The summed E-state index contributed by atoms with van der Waals surface area (Å²) in [4.78, 5) is 13.5. The molecular formula is C10H22N4O. The molecule has 1 heterocycles. The Hall–Kier alpha value is -0.810. The summed E-state index contributed by atoms with van der Waals surface area (Å²) in [6.07, 6.45) is 3.26. The predicted molar refractivity (Wildman–Crippen MR) is 60.7 cm³/mol. The van der Waals surface area contributed by atoms with Crippen LogP contribution in [0.1, 0.15) is 19.3 Å². The molecule has 1 atom stereocenters. The summed E-state index contributed by atoms with van der Waals surface area (Å²) in [5, 5.41) is 5.53. The fourth-order valence-corrected chi connectivity index (χ4v) is 1.95. The van der Waals surface area contributed by atoms with Gasteiger partial charge >= 0.3 is 6.03 Å². The lowest BCUT2D eigenvalue weighted by atomic mass is 10.1. The Morgan fingerprint density at radius 2 is 2.40 bits per heavy atom. The summed E-state index contributed by atoms with van der Waals surface area (Å²) in [6.45, 7) is 3.87. The first-order chi connectivity index (χ1) is 7.26. The second-order valence-electron chi connectivity index (χ2n) is 4.01. The lowest BCUT2D eigenvalue weighted by molar-refractivity contribution is 0.186. The topological polar surface area (TPSA) is 70.4 Å². The zero-order valence-electron chi connectivity index (χ0n) is 9.46. The van der Waals surface area contributed by atoms with Gasteiger partial charge < -0.3 is 21.3 Å². The fraction of sp³-hybridized carbons (Fsp3) is 0.900. The maximum Gasteiger partial charge on any atom is 0.314 e. The molecule has 5 nitrogen and oxygen atoms in total. The Morgan fingerprint density at radius 3 is 3.07 bits per heavy atom. The molecule has 0 aromatic carbocycles. The van der Waals surface area contributed by atoms with E-state index in [0.29, 0.717) is 0 Å². The average Bonchev–Trinajstić information content (AvgIpc) is 2.26. The molecule has 4 N–H and O–H groups in total. The van der Waals surface area contributed by atoms with Gasteiger partial charge in [0.2, 0.25) is 0 Å². The number of piperidine rings is 1. The molecule has 0 bridgehead atoms. The minimum atomic E-state index is -0.0827. The SMILES string of the molecule is CNC(=O)N[C@H]1CCCN(CCCN)C1. The smallest absolute Gasteiger partial charge is 0.314 e. The molecule has 88 valence electrons. The van der Waals surface area contributed by atoms with E-state index >= 15 is 0 Å². The van der Waals surface area contributed by atoms with E-state index in [2.05, 4.69) is 15.5 Å². The van der Waals surface area contributed by atoms with E-state index in [1.807, 2.05) is 0 Å². The van der Waals surface area contributed by atoms with Gasteiger partial charge in [-0.1, -0.05) is 0 Å². The van der Waals surface area contributed by atoms with Crippen molar-refractivity contribution in [2.75, 3.05) is 33.2 Å². The highest BCUT2D eigenvalue weighted by molar-refractivity contribution is 5.73. The third-order valence-electron chi connectivity index (χ3n) is 2.75. The monoisotopic (exact) mass is 214 g/mol. The van der Waals surface area contributed by atoms with E-state index in [1.165, 1.54) is 0 Å². The Bertz CT molecular complexity index is 198. The van der Waals surface area contributed by atoms with Gasteiger partial charge in [0, 0.05) is 19.6 Å². The predicted octanol–water partition coefficient (Wildman–Crippen LogP) is -0.271. The van der Waals surface area contributed by atoms with E-state index < -0.39 is 0 Å². The van der Waals surface area contributed by atoms with Crippen LogP contribution in [0.25, 0.3) is 0 Å². The minimum absolute atomic E-state index is 0.0827. The van der Waals surface area contributed by atoms with Crippen LogP contribution in [0.5, 0.6) is 0 Å². The lowest BCUT2D eigenvalue weighted by Gasteiger charge is -2.32. The molecule has 0 spiro atoms. The van der Waals surface area contributed by atoms with Crippen LogP contribution in [0.3, 0.4) is 0 Å². The molecule has 1 rings (SSSR count). The van der Waals surface area contributed by atoms with Crippen LogP contribution in [0, 0.1) is 0 Å². The molecular weight excluding hydrogens is 192 g/mol. The fourth-order valence-electron chi connectivity index (χ4n) is 1.95. The van der Waals surface area contributed by atoms with E-state index in [9.17, 15) is 4.79 Å².